The van der Waals surface area contributed by atoms with Gasteiger partial charge in [0.05, 0.1) is 11.6 Å². The average molecular weight is 242 g/mol. The van der Waals surface area contributed by atoms with Crippen molar-refractivity contribution in [3.63, 3.8) is 0 Å². The first-order valence-electron chi connectivity index (χ1n) is 6.00. The largest absolute Gasteiger partial charge is 0.327 e. The maximum Gasteiger partial charge on any atom is 0.321 e. The summed E-state index contributed by atoms with van der Waals surface area (Å²) in [7, 11) is 0. The summed E-state index contributed by atoms with van der Waals surface area (Å²) in [5.41, 5.74) is 7.13. The smallest absolute Gasteiger partial charge is 0.321 e. The molecule has 0 spiro atoms. The zero-order valence-corrected chi connectivity index (χ0v) is 9.84. The quantitative estimate of drug-likeness (QED) is 0.770. The Morgan fingerprint density at radius 3 is 2.50 bits per heavy atom. The first kappa shape index (κ1) is 11.1. The highest BCUT2D eigenvalue weighted by Gasteiger charge is 2.54. The van der Waals surface area contributed by atoms with Gasteiger partial charge in [-0.15, -0.1) is 0 Å². The number of nitriles is 1. The number of fused-ring (bicyclic) bond motifs is 1. The van der Waals surface area contributed by atoms with Gasteiger partial charge in [0.15, 0.2) is 0 Å². The maximum atomic E-state index is 12.0. The van der Waals surface area contributed by atoms with E-state index in [-0.39, 0.29) is 6.03 Å². The van der Waals surface area contributed by atoms with Crippen molar-refractivity contribution >= 4 is 11.7 Å². The lowest BCUT2D eigenvalue weighted by Crippen LogP contribution is -2.36. The molecule has 3 rings (SSSR count). The molecule has 1 saturated carbocycles. The van der Waals surface area contributed by atoms with Gasteiger partial charge in [-0.05, 0) is 36.1 Å². The molecule has 1 aromatic rings. The summed E-state index contributed by atoms with van der Waals surface area (Å²) in [4.78, 5) is 13.8. The third-order valence-electron chi connectivity index (χ3n) is 3.81. The van der Waals surface area contributed by atoms with Crippen LogP contribution in [0.5, 0.6) is 0 Å². The van der Waals surface area contributed by atoms with Crippen molar-refractivity contribution in [3.05, 3.63) is 29.8 Å². The number of nitrogens with zero attached hydrogens (tertiary/aromatic N) is 2. The third kappa shape index (κ3) is 1.81. The van der Waals surface area contributed by atoms with Crippen LogP contribution in [0.3, 0.4) is 0 Å². The number of amides is 2. The van der Waals surface area contributed by atoms with Gasteiger partial charge < -0.3 is 16.0 Å². The molecule has 1 aromatic carbocycles. The summed E-state index contributed by atoms with van der Waals surface area (Å²) in [5.74, 6) is 0.994. The zero-order valence-electron chi connectivity index (χ0n) is 9.84. The van der Waals surface area contributed by atoms with E-state index in [0.717, 1.165) is 13.1 Å². The highest BCUT2D eigenvalue weighted by atomic mass is 16.2. The van der Waals surface area contributed by atoms with Gasteiger partial charge in [-0.25, -0.2) is 4.79 Å². The second-order valence-corrected chi connectivity index (χ2v) is 4.93. The number of urea groups is 1. The van der Waals surface area contributed by atoms with Crippen molar-refractivity contribution in [2.45, 2.75) is 6.04 Å². The lowest BCUT2D eigenvalue weighted by Gasteiger charge is -2.19. The first-order valence-corrected chi connectivity index (χ1v) is 6.00. The summed E-state index contributed by atoms with van der Waals surface area (Å²) in [6.45, 7) is 1.52. The Morgan fingerprint density at radius 2 is 1.94 bits per heavy atom. The summed E-state index contributed by atoms with van der Waals surface area (Å²) >= 11 is 0. The molecule has 2 amide bonds. The highest BCUT2D eigenvalue weighted by molar-refractivity contribution is 5.89. The van der Waals surface area contributed by atoms with Crippen molar-refractivity contribution in [1.29, 1.82) is 5.26 Å². The van der Waals surface area contributed by atoms with E-state index in [2.05, 4.69) is 5.32 Å². The van der Waals surface area contributed by atoms with Crippen molar-refractivity contribution < 1.29 is 4.79 Å². The number of rotatable bonds is 1. The van der Waals surface area contributed by atoms with Gasteiger partial charge in [0, 0.05) is 24.8 Å². The molecule has 1 heterocycles. The topological polar surface area (TPSA) is 82.2 Å². The van der Waals surface area contributed by atoms with Crippen LogP contribution in [-0.2, 0) is 0 Å². The van der Waals surface area contributed by atoms with Gasteiger partial charge in [-0.3, -0.25) is 0 Å². The fourth-order valence-electron chi connectivity index (χ4n) is 2.57. The van der Waals surface area contributed by atoms with Crippen molar-refractivity contribution in [2.75, 3.05) is 18.4 Å². The normalized spacial score (nSPS) is 28.4. The number of nitrogens with one attached hydrogen (secondary N) is 1. The molecule has 2 aliphatic rings. The van der Waals surface area contributed by atoms with E-state index in [9.17, 15) is 4.79 Å². The zero-order chi connectivity index (χ0) is 12.7. The minimum atomic E-state index is -0.0842. The molecule has 1 aliphatic carbocycles. The lowest BCUT2D eigenvalue weighted by molar-refractivity contribution is 0.216. The Kier molecular flexibility index (Phi) is 2.46. The SMILES string of the molecule is N#Cc1ccc(NC(=O)N2CC3C(N)C3C2)cc1. The maximum absolute atomic E-state index is 12.0. The van der Waals surface area contributed by atoms with Crippen LogP contribution >= 0.6 is 0 Å². The molecule has 5 heteroatoms. The summed E-state index contributed by atoms with van der Waals surface area (Å²) in [6, 6.07) is 9.10. The van der Waals surface area contributed by atoms with Gasteiger partial charge in [0.2, 0.25) is 0 Å². The van der Waals surface area contributed by atoms with E-state index in [4.69, 9.17) is 11.0 Å². The molecule has 3 N–H and O–H groups in total. The molecule has 1 aliphatic heterocycles. The van der Waals surface area contributed by atoms with Crippen LogP contribution in [0.4, 0.5) is 10.5 Å². The van der Waals surface area contributed by atoms with Crippen LogP contribution < -0.4 is 11.1 Å². The molecule has 0 bridgehead atoms. The summed E-state index contributed by atoms with van der Waals surface area (Å²) in [5, 5.41) is 11.5. The van der Waals surface area contributed by atoms with Crippen LogP contribution in [0, 0.1) is 23.2 Å². The minimum absolute atomic E-state index is 0.0842. The summed E-state index contributed by atoms with van der Waals surface area (Å²) in [6.07, 6.45) is 0. The fourth-order valence-corrected chi connectivity index (χ4v) is 2.57. The van der Waals surface area contributed by atoms with Crippen LogP contribution in [-0.4, -0.2) is 30.1 Å². The van der Waals surface area contributed by atoms with Gasteiger partial charge in [-0.2, -0.15) is 5.26 Å². The molecule has 2 atom stereocenters. The van der Waals surface area contributed by atoms with Gasteiger partial charge >= 0.3 is 6.03 Å². The standard InChI is InChI=1S/C13H14N4O/c14-5-8-1-3-9(4-2-8)16-13(18)17-6-10-11(7-17)12(10)15/h1-4,10-12H,6-7,15H2,(H,16,18). The Morgan fingerprint density at radius 1 is 1.33 bits per heavy atom. The van der Waals surface area contributed by atoms with Crippen molar-refractivity contribution in [3.8, 4) is 6.07 Å². The molecule has 18 heavy (non-hydrogen) atoms. The van der Waals surface area contributed by atoms with Gasteiger partial charge in [0.25, 0.3) is 0 Å². The predicted molar refractivity (Wildman–Crippen MR) is 66.7 cm³/mol. The average Bonchev–Trinajstić information content (AvgIpc) is 2.80. The number of hydrogen-bond donors (Lipinski definition) is 2. The van der Waals surface area contributed by atoms with Gasteiger partial charge in [0.1, 0.15) is 0 Å². The molecule has 5 nitrogen and oxygen atoms in total. The fraction of sp³-hybridized carbons (Fsp3) is 0.385. The van der Waals surface area contributed by atoms with E-state index in [1.165, 1.54) is 0 Å². The van der Waals surface area contributed by atoms with E-state index >= 15 is 0 Å². The van der Waals surface area contributed by atoms with Crippen molar-refractivity contribution in [2.24, 2.45) is 17.6 Å². The second kappa shape index (κ2) is 4.00. The van der Waals surface area contributed by atoms with E-state index in [1.54, 1.807) is 29.2 Å². The van der Waals surface area contributed by atoms with Crippen LogP contribution in [0.2, 0.25) is 0 Å². The van der Waals surface area contributed by atoms with E-state index in [0.29, 0.717) is 29.1 Å². The number of piperidine rings is 1. The van der Waals surface area contributed by atoms with Crippen LogP contribution in [0.15, 0.2) is 24.3 Å². The number of anilines is 1. The molecule has 1 saturated heterocycles. The minimum Gasteiger partial charge on any atom is -0.327 e. The number of carbonyl (C=O) groups excluding carboxylic acids is 1. The second-order valence-electron chi connectivity index (χ2n) is 4.93. The number of likely N-dealkylation sites (tertiary alicyclic amines) is 1. The van der Waals surface area contributed by atoms with E-state index in [1.807, 2.05) is 6.07 Å². The first-order chi connectivity index (χ1) is 8.69. The Labute approximate surface area is 105 Å². The number of carbonyl (C=O) groups is 1. The third-order valence-corrected chi connectivity index (χ3v) is 3.81. The number of hydrogen-bond acceptors (Lipinski definition) is 3. The Balaban J connectivity index is 1.59. The molecule has 0 aromatic heterocycles. The molecule has 2 fully saturated rings. The molecule has 0 radical (unpaired) electrons. The lowest BCUT2D eigenvalue weighted by atomic mass is 10.2. The monoisotopic (exact) mass is 242 g/mol. The number of nitrogens with two attached hydrogens (primary N) is 1. The molecule has 2 unspecified atom stereocenters. The highest BCUT2D eigenvalue weighted by Crippen LogP contribution is 2.43. The molecule has 92 valence electrons. The van der Waals surface area contributed by atoms with Crippen molar-refractivity contribution in [1.82, 2.24) is 4.90 Å². The molecular formula is C13H14N4O. The summed E-state index contributed by atoms with van der Waals surface area (Å²) < 4.78 is 0. The Bertz CT molecular complexity index is 507. The van der Waals surface area contributed by atoms with E-state index < -0.39 is 0 Å². The molecular weight excluding hydrogens is 228 g/mol. The Hall–Kier alpha value is -2.06. The number of benzene rings is 1. The van der Waals surface area contributed by atoms with Crippen LogP contribution in [0.25, 0.3) is 0 Å². The predicted octanol–water partition coefficient (Wildman–Crippen LogP) is 0.979. The van der Waals surface area contributed by atoms with Crippen LogP contribution in [0.1, 0.15) is 5.56 Å². The van der Waals surface area contributed by atoms with Gasteiger partial charge in [-0.1, -0.05) is 0 Å².